The largest absolute Gasteiger partial charge is 0.456 e. The molecule has 124 valence electrons. The zero-order valence-electron chi connectivity index (χ0n) is 13.0. The minimum Gasteiger partial charge on any atom is -0.456 e. The Morgan fingerprint density at radius 1 is 1.22 bits per heavy atom. The number of amides is 1. The first-order valence-corrected chi connectivity index (χ1v) is 7.69. The predicted octanol–water partition coefficient (Wildman–Crippen LogP) is 2.25. The van der Waals surface area contributed by atoms with Gasteiger partial charge in [0.25, 0.3) is 5.91 Å². The molecule has 1 N–H and O–H groups in total. The minimum atomic E-state index is -0.602. The molecule has 23 heavy (non-hydrogen) atoms. The Kier molecular flexibility index (Phi) is 5.84. The van der Waals surface area contributed by atoms with Crippen LogP contribution in [0, 0.1) is 11.7 Å². The molecule has 2 rings (SSSR count). The summed E-state index contributed by atoms with van der Waals surface area (Å²) in [5.41, 5.74) is 0.343. The molecule has 0 bridgehead atoms. The third-order valence-corrected chi connectivity index (χ3v) is 3.80. The van der Waals surface area contributed by atoms with Crippen LogP contribution in [0.5, 0.6) is 0 Å². The maximum absolute atomic E-state index is 12.8. The van der Waals surface area contributed by atoms with Gasteiger partial charge in [-0.15, -0.1) is 0 Å². The molecule has 0 heterocycles. The first-order chi connectivity index (χ1) is 11.0. The molecule has 0 aromatic heterocycles. The zero-order chi connectivity index (χ0) is 16.8. The van der Waals surface area contributed by atoms with Gasteiger partial charge in [-0.05, 0) is 49.9 Å². The number of benzene rings is 1. The fourth-order valence-electron chi connectivity index (χ4n) is 2.22. The molecule has 6 heteroatoms. The van der Waals surface area contributed by atoms with Gasteiger partial charge in [-0.2, -0.15) is 0 Å². The summed E-state index contributed by atoms with van der Waals surface area (Å²) in [4.78, 5) is 35.0. The van der Waals surface area contributed by atoms with Gasteiger partial charge in [-0.3, -0.25) is 14.4 Å². The van der Waals surface area contributed by atoms with Crippen molar-refractivity contribution in [2.24, 2.45) is 5.92 Å². The first-order valence-electron chi connectivity index (χ1n) is 7.69. The van der Waals surface area contributed by atoms with E-state index in [1.165, 1.54) is 24.3 Å². The lowest BCUT2D eigenvalue weighted by atomic mass is 10.1. The fraction of sp³-hybridized carbons (Fsp3) is 0.471. The average molecular weight is 321 g/mol. The van der Waals surface area contributed by atoms with E-state index in [4.69, 9.17) is 4.74 Å². The number of halogens is 1. The van der Waals surface area contributed by atoms with E-state index in [-0.39, 0.29) is 37.2 Å². The van der Waals surface area contributed by atoms with Gasteiger partial charge in [-0.1, -0.05) is 0 Å². The van der Waals surface area contributed by atoms with Crippen LogP contribution in [0.15, 0.2) is 24.3 Å². The topological polar surface area (TPSA) is 72.5 Å². The molecule has 0 radical (unpaired) electrons. The minimum absolute atomic E-state index is 0.0371. The summed E-state index contributed by atoms with van der Waals surface area (Å²) in [6.45, 7) is 1.60. The van der Waals surface area contributed by atoms with Crippen molar-refractivity contribution < 1.29 is 23.5 Å². The molecule has 0 aliphatic heterocycles. The third kappa shape index (κ3) is 5.81. The number of carbonyl (C=O) groups is 3. The quantitative estimate of drug-likeness (QED) is 0.589. The number of hydrogen-bond donors (Lipinski definition) is 1. The highest BCUT2D eigenvalue weighted by Crippen LogP contribution is 2.32. The van der Waals surface area contributed by atoms with Gasteiger partial charge in [0.2, 0.25) is 0 Å². The summed E-state index contributed by atoms with van der Waals surface area (Å²) in [5.74, 6) is -1.10. The highest BCUT2D eigenvalue weighted by atomic mass is 19.1. The highest BCUT2D eigenvalue weighted by Gasteiger charge is 2.28. The van der Waals surface area contributed by atoms with Gasteiger partial charge in [0.15, 0.2) is 12.4 Å². The van der Waals surface area contributed by atoms with Gasteiger partial charge < -0.3 is 10.1 Å². The second-order valence-corrected chi connectivity index (χ2v) is 5.78. The molecule has 0 spiro atoms. The summed E-state index contributed by atoms with van der Waals surface area (Å²) in [5, 5.41) is 2.77. The van der Waals surface area contributed by atoms with Crippen LogP contribution in [0.25, 0.3) is 0 Å². The summed E-state index contributed by atoms with van der Waals surface area (Å²) >= 11 is 0. The van der Waals surface area contributed by atoms with Crippen LogP contribution in [0.2, 0.25) is 0 Å². The Bertz CT molecular complexity index is 581. The molecule has 5 nitrogen and oxygen atoms in total. The summed E-state index contributed by atoms with van der Waals surface area (Å²) in [7, 11) is 0. The van der Waals surface area contributed by atoms with Crippen LogP contribution in [-0.4, -0.2) is 30.3 Å². The van der Waals surface area contributed by atoms with Gasteiger partial charge in [0.05, 0.1) is 6.42 Å². The first kappa shape index (κ1) is 17.1. The SMILES string of the molecule is C[C@@H](NC(=O)COC(=O)CCC(=O)c1ccc(F)cc1)C1CC1. The van der Waals surface area contributed by atoms with Gasteiger partial charge in [0.1, 0.15) is 5.82 Å². The molecule has 1 aromatic rings. The average Bonchev–Trinajstić information content (AvgIpc) is 3.36. The highest BCUT2D eigenvalue weighted by molar-refractivity contribution is 5.97. The number of hydrogen-bond acceptors (Lipinski definition) is 4. The Morgan fingerprint density at radius 3 is 2.48 bits per heavy atom. The lowest BCUT2D eigenvalue weighted by molar-refractivity contribution is -0.148. The molecule has 1 fully saturated rings. The van der Waals surface area contributed by atoms with Crippen LogP contribution in [0.4, 0.5) is 4.39 Å². The number of carbonyl (C=O) groups excluding carboxylic acids is 3. The van der Waals surface area contributed by atoms with Gasteiger partial charge in [-0.25, -0.2) is 4.39 Å². The van der Waals surface area contributed by atoms with Crippen LogP contribution < -0.4 is 5.32 Å². The van der Waals surface area contributed by atoms with Crippen molar-refractivity contribution in [3.8, 4) is 0 Å². The number of ether oxygens (including phenoxy) is 1. The molecule has 0 unspecified atom stereocenters. The number of rotatable bonds is 8. The zero-order valence-corrected chi connectivity index (χ0v) is 13.0. The number of esters is 1. The predicted molar refractivity (Wildman–Crippen MR) is 81.3 cm³/mol. The Labute approximate surface area is 134 Å². The van der Waals surface area contributed by atoms with E-state index in [9.17, 15) is 18.8 Å². The maximum Gasteiger partial charge on any atom is 0.306 e. The molecular formula is C17H20FNO4. The van der Waals surface area contributed by atoms with Crippen molar-refractivity contribution in [3.63, 3.8) is 0 Å². The van der Waals surface area contributed by atoms with Gasteiger partial charge >= 0.3 is 5.97 Å². The van der Waals surface area contributed by atoms with E-state index in [0.717, 1.165) is 12.8 Å². The van der Waals surface area contributed by atoms with E-state index in [0.29, 0.717) is 11.5 Å². The summed E-state index contributed by atoms with van der Waals surface area (Å²) < 4.78 is 17.6. The normalized spacial score (nSPS) is 14.9. The number of nitrogens with one attached hydrogen (secondary N) is 1. The third-order valence-electron chi connectivity index (χ3n) is 3.80. The van der Waals surface area contributed by atoms with Crippen molar-refractivity contribution in [2.75, 3.05) is 6.61 Å². The Balaban J connectivity index is 1.65. The Hall–Kier alpha value is -2.24. The molecule has 0 saturated heterocycles. The fourth-order valence-corrected chi connectivity index (χ4v) is 2.22. The molecule has 1 aliphatic carbocycles. The molecule has 1 aromatic carbocycles. The van der Waals surface area contributed by atoms with Crippen molar-refractivity contribution in [1.29, 1.82) is 0 Å². The van der Waals surface area contributed by atoms with Crippen molar-refractivity contribution in [3.05, 3.63) is 35.6 Å². The number of ketones is 1. The van der Waals surface area contributed by atoms with E-state index in [1.807, 2.05) is 6.92 Å². The smallest absolute Gasteiger partial charge is 0.306 e. The van der Waals surface area contributed by atoms with Crippen molar-refractivity contribution >= 4 is 17.7 Å². The van der Waals surface area contributed by atoms with Crippen molar-refractivity contribution in [2.45, 2.75) is 38.6 Å². The molecule has 1 saturated carbocycles. The summed E-state index contributed by atoms with van der Waals surface area (Å²) in [6.07, 6.45) is 2.09. The molecule has 1 atom stereocenters. The monoisotopic (exact) mass is 321 g/mol. The van der Waals surface area contributed by atoms with E-state index in [1.54, 1.807) is 0 Å². The van der Waals surface area contributed by atoms with E-state index >= 15 is 0 Å². The van der Waals surface area contributed by atoms with E-state index in [2.05, 4.69) is 5.32 Å². The lowest BCUT2D eigenvalue weighted by Gasteiger charge is -2.12. The second-order valence-electron chi connectivity index (χ2n) is 5.78. The Morgan fingerprint density at radius 2 is 1.87 bits per heavy atom. The summed E-state index contributed by atoms with van der Waals surface area (Å²) in [6, 6.07) is 5.22. The van der Waals surface area contributed by atoms with Crippen LogP contribution >= 0.6 is 0 Å². The van der Waals surface area contributed by atoms with Gasteiger partial charge in [0, 0.05) is 18.0 Å². The van der Waals surface area contributed by atoms with Crippen molar-refractivity contribution in [1.82, 2.24) is 5.32 Å². The molecular weight excluding hydrogens is 301 g/mol. The number of Topliss-reactive ketones (excluding diaryl/α,β-unsaturated/α-hetero) is 1. The van der Waals surface area contributed by atoms with E-state index < -0.39 is 11.8 Å². The lowest BCUT2D eigenvalue weighted by Crippen LogP contribution is -2.37. The second kappa shape index (κ2) is 7.85. The van der Waals surface area contributed by atoms with Crippen LogP contribution in [-0.2, 0) is 14.3 Å². The standard InChI is InChI=1S/C17H20FNO4/c1-11(12-2-3-12)19-16(21)10-23-17(22)9-8-15(20)13-4-6-14(18)7-5-13/h4-7,11-12H,2-3,8-10H2,1H3,(H,19,21)/t11-/m1/s1. The molecule has 1 aliphatic rings. The maximum atomic E-state index is 12.8. The van der Waals surface area contributed by atoms with Crippen LogP contribution in [0.3, 0.4) is 0 Å². The van der Waals surface area contributed by atoms with Crippen LogP contribution in [0.1, 0.15) is 43.0 Å². The molecule has 1 amide bonds.